The summed E-state index contributed by atoms with van der Waals surface area (Å²) in [4.78, 5) is 14.6. The summed E-state index contributed by atoms with van der Waals surface area (Å²) in [5.74, 6) is -1.07. The van der Waals surface area contributed by atoms with E-state index in [4.69, 9.17) is 0 Å². The molecule has 0 aromatic carbocycles. The van der Waals surface area contributed by atoms with Gasteiger partial charge in [-0.2, -0.15) is 0 Å². The lowest BCUT2D eigenvalue weighted by Crippen LogP contribution is -2.90. The molecule has 1 rings (SSSR count). The minimum atomic E-state index is -1.07. The lowest BCUT2D eigenvalue weighted by Gasteiger charge is -2.14. The lowest BCUT2D eigenvalue weighted by molar-refractivity contribution is -0.657. The number of nitrogens with two attached hydrogens (primary N) is 1. The standard InChI is InChI=1S/C8H13N3O2S/c1-9-5(8(12)13)3-6-7(14)10-4-11(6)2/h4-5,9,14H,3H2,1-2H3,(H,12,13)/t5-/m0/s1. The maximum atomic E-state index is 10.7. The number of thiol groups is 1. The minimum absolute atomic E-state index is 0.369. The highest BCUT2D eigenvalue weighted by Gasteiger charge is 2.16. The summed E-state index contributed by atoms with van der Waals surface area (Å²) >= 11 is 4.14. The molecule has 5 nitrogen and oxygen atoms in total. The number of rotatable bonds is 4. The van der Waals surface area contributed by atoms with E-state index >= 15 is 0 Å². The van der Waals surface area contributed by atoms with Crippen LogP contribution in [-0.2, 0) is 18.3 Å². The Hall–Kier alpha value is -1.01. The number of carboxylic acid groups (broad SMARTS) is 1. The van der Waals surface area contributed by atoms with Crippen molar-refractivity contribution in [2.75, 3.05) is 7.05 Å². The summed E-state index contributed by atoms with van der Waals surface area (Å²) in [6.45, 7) is 0. The van der Waals surface area contributed by atoms with Crippen molar-refractivity contribution >= 4 is 18.6 Å². The van der Waals surface area contributed by atoms with Crippen LogP contribution in [0, 0.1) is 0 Å². The molecule has 0 saturated carbocycles. The zero-order chi connectivity index (χ0) is 10.7. The molecular weight excluding hydrogens is 202 g/mol. The molecule has 1 atom stereocenters. The number of hydrogen-bond donors (Lipinski definition) is 2. The monoisotopic (exact) mass is 215 g/mol. The van der Waals surface area contributed by atoms with E-state index in [9.17, 15) is 9.90 Å². The SMILES string of the molecule is C[NH2+][C@@H](Cc1c(S)ncn1C)C(=O)[O-]. The van der Waals surface area contributed by atoms with Crippen LogP contribution in [0.4, 0.5) is 0 Å². The zero-order valence-electron chi connectivity index (χ0n) is 8.10. The van der Waals surface area contributed by atoms with Gasteiger partial charge in [-0.1, -0.05) is 0 Å². The predicted molar refractivity (Wildman–Crippen MR) is 50.8 cm³/mol. The van der Waals surface area contributed by atoms with Gasteiger partial charge >= 0.3 is 0 Å². The van der Waals surface area contributed by atoms with Gasteiger partial charge in [0.05, 0.1) is 25.0 Å². The normalized spacial score (nSPS) is 12.8. The number of carbonyl (C=O) groups is 1. The average molecular weight is 215 g/mol. The number of carboxylic acids is 1. The first-order chi connectivity index (χ1) is 6.56. The fourth-order valence-corrected chi connectivity index (χ4v) is 1.52. The Bertz CT molecular complexity index is 318. The Morgan fingerprint density at radius 1 is 1.86 bits per heavy atom. The number of imidazole rings is 1. The average Bonchev–Trinajstić information content (AvgIpc) is 2.43. The summed E-state index contributed by atoms with van der Waals surface area (Å²) in [5, 5.41) is 12.9. The number of quaternary nitrogens is 1. The van der Waals surface area contributed by atoms with E-state index in [0.29, 0.717) is 11.4 Å². The van der Waals surface area contributed by atoms with E-state index in [-0.39, 0.29) is 0 Å². The summed E-state index contributed by atoms with van der Waals surface area (Å²) in [6.07, 6.45) is 1.98. The Balaban J connectivity index is 2.81. The number of aryl methyl sites for hydroxylation is 1. The minimum Gasteiger partial charge on any atom is -0.544 e. The molecule has 0 unspecified atom stereocenters. The summed E-state index contributed by atoms with van der Waals surface area (Å²) in [6, 6.07) is -0.587. The van der Waals surface area contributed by atoms with Crippen LogP contribution < -0.4 is 10.4 Å². The first-order valence-corrected chi connectivity index (χ1v) is 4.70. The second-order valence-corrected chi connectivity index (χ2v) is 3.51. The fourth-order valence-electron chi connectivity index (χ4n) is 1.22. The Morgan fingerprint density at radius 2 is 2.50 bits per heavy atom. The van der Waals surface area contributed by atoms with Crippen molar-refractivity contribution < 1.29 is 15.2 Å². The van der Waals surface area contributed by atoms with Gasteiger partial charge in [0, 0.05) is 13.5 Å². The third-order valence-electron chi connectivity index (χ3n) is 2.16. The Kier molecular flexibility index (Phi) is 3.54. The third-order valence-corrected chi connectivity index (χ3v) is 2.53. The largest absolute Gasteiger partial charge is 0.544 e. The van der Waals surface area contributed by atoms with Gasteiger partial charge in [-0.25, -0.2) is 4.98 Å². The van der Waals surface area contributed by atoms with Crippen molar-refractivity contribution in [3.63, 3.8) is 0 Å². The van der Waals surface area contributed by atoms with Crippen LogP contribution >= 0.6 is 12.6 Å². The van der Waals surface area contributed by atoms with Crippen molar-refractivity contribution in [3.05, 3.63) is 12.0 Å². The van der Waals surface area contributed by atoms with Gasteiger partial charge in [-0.15, -0.1) is 12.6 Å². The molecule has 0 spiro atoms. The topological polar surface area (TPSA) is 74.6 Å². The molecule has 6 heteroatoms. The molecule has 2 N–H and O–H groups in total. The highest BCUT2D eigenvalue weighted by molar-refractivity contribution is 7.80. The maximum Gasteiger partial charge on any atom is 0.131 e. The molecular formula is C8H13N3O2S. The number of nitrogens with zero attached hydrogens (tertiary/aromatic N) is 2. The molecule has 1 aromatic rings. The van der Waals surface area contributed by atoms with E-state index in [1.807, 2.05) is 7.05 Å². The molecule has 0 bridgehead atoms. The highest BCUT2D eigenvalue weighted by atomic mass is 32.1. The highest BCUT2D eigenvalue weighted by Crippen LogP contribution is 2.11. The summed E-state index contributed by atoms with van der Waals surface area (Å²) < 4.78 is 1.77. The molecule has 0 radical (unpaired) electrons. The maximum absolute atomic E-state index is 10.7. The van der Waals surface area contributed by atoms with Gasteiger partial charge in [0.15, 0.2) is 0 Å². The van der Waals surface area contributed by atoms with E-state index in [1.165, 1.54) is 0 Å². The van der Waals surface area contributed by atoms with Gasteiger partial charge < -0.3 is 19.8 Å². The van der Waals surface area contributed by atoms with Crippen LogP contribution in [0.1, 0.15) is 5.69 Å². The molecule has 0 amide bonds. The quantitative estimate of drug-likeness (QED) is 0.548. The van der Waals surface area contributed by atoms with Gasteiger partial charge in [-0.05, 0) is 0 Å². The predicted octanol–water partition coefficient (Wildman–Crippen LogP) is -2.44. The van der Waals surface area contributed by atoms with E-state index in [2.05, 4.69) is 17.6 Å². The smallest absolute Gasteiger partial charge is 0.131 e. The molecule has 0 aliphatic heterocycles. The first kappa shape index (κ1) is 11.1. The molecule has 0 aliphatic carbocycles. The molecule has 0 fully saturated rings. The van der Waals surface area contributed by atoms with Gasteiger partial charge in [-0.3, -0.25) is 0 Å². The number of aliphatic carboxylic acids is 1. The molecule has 1 heterocycles. The number of likely N-dealkylation sites (N-methyl/N-ethyl adjacent to an activating group) is 1. The van der Waals surface area contributed by atoms with Crippen molar-refractivity contribution in [1.29, 1.82) is 0 Å². The van der Waals surface area contributed by atoms with E-state index < -0.39 is 12.0 Å². The molecule has 78 valence electrons. The number of carbonyl (C=O) groups excluding carboxylic acids is 1. The Morgan fingerprint density at radius 3 is 2.86 bits per heavy atom. The number of hydrogen-bond acceptors (Lipinski definition) is 4. The van der Waals surface area contributed by atoms with Crippen LogP contribution in [0.15, 0.2) is 11.4 Å². The Labute approximate surface area is 87.6 Å². The lowest BCUT2D eigenvalue weighted by atomic mass is 10.1. The van der Waals surface area contributed by atoms with Crippen LogP contribution in [0.2, 0.25) is 0 Å². The summed E-state index contributed by atoms with van der Waals surface area (Å²) in [5.41, 5.74) is 0.806. The molecule has 14 heavy (non-hydrogen) atoms. The van der Waals surface area contributed by atoms with Crippen molar-refractivity contribution in [3.8, 4) is 0 Å². The molecule has 0 saturated heterocycles. The van der Waals surface area contributed by atoms with Crippen LogP contribution in [0.25, 0.3) is 0 Å². The van der Waals surface area contributed by atoms with E-state index in [0.717, 1.165) is 5.69 Å². The van der Waals surface area contributed by atoms with Crippen LogP contribution in [0.3, 0.4) is 0 Å². The zero-order valence-corrected chi connectivity index (χ0v) is 8.99. The van der Waals surface area contributed by atoms with Gasteiger partial charge in [0.25, 0.3) is 0 Å². The second kappa shape index (κ2) is 4.47. The molecule has 1 aromatic heterocycles. The van der Waals surface area contributed by atoms with Crippen molar-refractivity contribution in [1.82, 2.24) is 9.55 Å². The van der Waals surface area contributed by atoms with E-state index in [1.54, 1.807) is 23.3 Å². The van der Waals surface area contributed by atoms with Crippen LogP contribution in [0.5, 0.6) is 0 Å². The second-order valence-electron chi connectivity index (χ2n) is 3.09. The number of aromatic nitrogens is 2. The van der Waals surface area contributed by atoms with Gasteiger partial charge in [0.1, 0.15) is 11.1 Å². The van der Waals surface area contributed by atoms with Gasteiger partial charge in [0.2, 0.25) is 0 Å². The first-order valence-electron chi connectivity index (χ1n) is 4.25. The van der Waals surface area contributed by atoms with Crippen molar-refractivity contribution in [2.24, 2.45) is 7.05 Å². The molecule has 0 aliphatic rings. The fraction of sp³-hybridized carbons (Fsp3) is 0.500. The third kappa shape index (κ3) is 2.27. The van der Waals surface area contributed by atoms with Crippen molar-refractivity contribution in [2.45, 2.75) is 17.5 Å². The van der Waals surface area contributed by atoms with Crippen LogP contribution in [-0.4, -0.2) is 28.6 Å². The summed E-state index contributed by atoms with van der Waals surface area (Å²) in [7, 11) is 3.51.